The van der Waals surface area contributed by atoms with Gasteiger partial charge in [0.2, 0.25) is 5.89 Å². The molecule has 2 fully saturated rings. The minimum absolute atomic E-state index is 0.272. The lowest BCUT2D eigenvalue weighted by Gasteiger charge is -2.29. The smallest absolute Gasteiger partial charge is 0.243 e. The van der Waals surface area contributed by atoms with Gasteiger partial charge in [-0.1, -0.05) is 18.0 Å². The zero-order valence-electron chi connectivity index (χ0n) is 11.1. The molecular weight excluding hydrogens is 228 g/mol. The lowest BCUT2D eigenvalue weighted by molar-refractivity contribution is 0.175. The van der Waals surface area contributed by atoms with E-state index >= 15 is 0 Å². The Hall–Kier alpha value is -0.940. The van der Waals surface area contributed by atoms with Gasteiger partial charge in [-0.2, -0.15) is 4.98 Å². The normalized spacial score (nSPS) is 30.5. The number of aromatic nitrogens is 2. The standard InChI is InChI=1S/C13H22N4O/c1-17-9-5-3-7-11(17)12-15-13(18-16-12)10-6-2-4-8-14-10/h10-11,14H,2-9H2,1H3. The van der Waals surface area contributed by atoms with Gasteiger partial charge in [0, 0.05) is 0 Å². The van der Waals surface area contributed by atoms with Crippen molar-refractivity contribution in [1.29, 1.82) is 0 Å². The summed E-state index contributed by atoms with van der Waals surface area (Å²) in [6.07, 6.45) is 7.31. The molecule has 1 N–H and O–H groups in total. The van der Waals surface area contributed by atoms with E-state index in [9.17, 15) is 0 Å². The van der Waals surface area contributed by atoms with Crippen LogP contribution < -0.4 is 5.32 Å². The summed E-state index contributed by atoms with van der Waals surface area (Å²) in [6.45, 7) is 2.20. The molecule has 0 saturated carbocycles. The molecule has 5 nitrogen and oxygen atoms in total. The van der Waals surface area contributed by atoms with E-state index in [1.807, 2.05) is 0 Å². The highest BCUT2D eigenvalue weighted by molar-refractivity contribution is 4.99. The molecule has 2 atom stereocenters. The van der Waals surface area contributed by atoms with Crippen LogP contribution >= 0.6 is 0 Å². The van der Waals surface area contributed by atoms with Gasteiger partial charge in [-0.15, -0.1) is 0 Å². The molecular formula is C13H22N4O. The van der Waals surface area contributed by atoms with Crippen LogP contribution in [0.1, 0.15) is 62.3 Å². The number of hydrogen-bond acceptors (Lipinski definition) is 5. The second-order valence-electron chi connectivity index (χ2n) is 5.49. The molecule has 0 aliphatic carbocycles. The fourth-order valence-corrected chi connectivity index (χ4v) is 2.99. The Morgan fingerprint density at radius 1 is 1.22 bits per heavy atom. The van der Waals surface area contributed by atoms with E-state index in [1.165, 1.54) is 25.7 Å². The Morgan fingerprint density at radius 3 is 2.89 bits per heavy atom. The molecule has 3 heterocycles. The van der Waals surface area contributed by atoms with Gasteiger partial charge in [-0.3, -0.25) is 4.90 Å². The van der Waals surface area contributed by atoms with Crippen LogP contribution in [0.25, 0.3) is 0 Å². The van der Waals surface area contributed by atoms with E-state index in [0.717, 1.165) is 37.6 Å². The largest absolute Gasteiger partial charge is 0.338 e. The van der Waals surface area contributed by atoms with Gasteiger partial charge >= 0.3 is 0 Å². The minimum Gasteiger partial charge on any atom is -0.338 e. The third-order valence-electron chi connectivity index (χ3n) is 4.13. The van der Waals surface area contributed by atoms with Crippen molar-refractivity contribution in [3.05, 3.63) is 11.7 Å². The van der Waals surface area contributed by atoms with E-state index in [1.54, 1.807) is 0 Å². The highest BCUT2D eigenvalue weighted by Gasteiger charge is 2.27. The average Bonchev–Trinajstić information content (AvgIpc) is 2.90. The quantitative estimate of drug-likeness (QED) is 0.870. The van der Waals surface area contributed by atoms with Crippen LogP contribution in [0.4, 0.5) is 0 Å². The number of nitrogens with zero attached hydrogens (tertiary/aromatic N) is 3. The molecule has 0 amide bonds. The molecule has 0 bridgehead atoms. The minimum atomic E-state index is 0.272. The summed E-state index contributed by atoms with van der Waals surface area (Å²) < 4.78 is 5.46. The van der Waals surface area contributed by atoms with Gasteiger partial charge in [0.05, 0.1) is 12.1 Å². The van der Waals surface area contributed by atoms with Crippen molar-refractivity contribution >= 4 is 0 Å². The Labute approximate surface area is 108 Å². The van der Waals surface area contributed by atoms with Crippen molar-refractivity contribution in [2.45, 2.75) is 50.6 Å². The van der Waals surface area contributed by atoms with Gasteiger partial charge in [0.15, 0.2) is 5.82 Å². The maximum Gasteiger partial charge on any atom is 0.243 e. The second-order valence-corrected chi connectivity index (χ2v) is 5.49. The first-order valence-electron chi connectivity index (χ1n) is 7.12. The topological polar surface area (TPSA) is 54.2 Å². The van der Waals surface area contributed by atoms with Gasteiger partial charge in [0.1, 0.15) is 0 Å². The first kappa shape index (κ1) is 12.1. The predicted molar refractivity (Wildman–Crippen MR) is 68.1 cm³/mol. The van der Waals surface area contributed by atoms with Gasteiger partial charge in [-0.05, 0) is 45.8 Å². The van der Waals surface area contributed by atoms with Crippen LogP contribution in [0, 0.1) is 0 Å². The molecule has 2 aliphatic rings. The molecule has 1 aromatic rings. The summed E-state index contributed by atoms with van der Waals surface area (Å²) in [6, 6.07) is 0.619. The van der Waals surface area contributed by atoms with E-state index < -0.39 is 0 Å². The molecule has 100 valence electrons. The van der Waals surface area contributed by atoms with E-state index in [-0.39, 0.29) is 6.04 Å². The van der Waals surface area contributed by atoms with Crippen molar-refractivity contribution in [2.24, 2.45) is 0 Å². The Balaban J connectivity index is 1.71. The molecule has 2 saturated heterocycles. The van der Waals surface area contributed by atoms with Crippen molar-refractivity contribution in [3.8, 4) is 0 Å². The van der Waals surface area contributed by atoms with Crippen LogP contribution in [0.3, 0.4) is 0 Å². The highest BCUT2D eigenvalue weighted by atomic mass is 16.5. The monoisotopic (exact) mass is 250 g/mol. The molecule has 0 radical (unpaired) electrons. The van der Waals surface area contributed by atoms with E-state index in [4.69, 9.17) is 4.52 Å². The van der Waals surface area contributed by atoms with Crippen LogP contribution in [-0.4, -0.2) is 35.2 Å². The Bertz CT molecular complexity index is 386. The maximum absolute atomic E-state index is 5.46. The molecule has 2 aliphatic heterocycles. The number of hydrogen-bond donors (Lipinski definition) is 1. The molecule has 1 aromatic heterocycles. The first-order valence-corrected chi connectivity index (χ1v) is 7.12. The Morgan fingerprint density at radius 2 is 2.11 bits per heavy atom. The lowest BCUT2D eigenvalue weighted by atomic mass is 10.0. The molecule has 5 heteroatoms. The lowest BCUT2D eigenvalue weighted by Crippen LogP contribution is -2.30. The fraction of sp³-hybridized carbons (Fsp3) is 0.846. The van der Waals surface area contributed by atoms with Crippen molar-refractivity contribution in [2.75, 3.05) is 20.1 Å². The third kappa shape index (κ3) is 2.42. The summed E-state index contributed by atoms with van der Waals surface area (Å²) in [7, 11) is 2.15. The number of likely N-dealkylation sites (tertiary alicyclic amines) is 1. The summed E-state index contributed by atoms with van der Waals surface area (Å²) in [4.78, 5) is 6.97. The molecule has 3 rings (SSSR count). The van der Waals surface area contributed by atoms with Crippen LogP contribution in [0.15, 0.2) is 4.52 Å². The number of nitrogens with one attached hydrogen (secondary N) is 1. The molecule has 0 spiro atoms. The summed E-state index contributed by atoms with van der Waals surface area (Å²) in [5.41, 5.74) is 0. The summed E-state index contributed by atoms with van der Waals surface area (Å²) in [5, 5.41) is 7.65. The fourth-order valence-electron chi connectivity index (χ4n) is 2.99. The predicted octanol–water partition coefficient (Wildman–Crippen LogP) is 2.04. The molecule has 2 unspecified atom stereocenters. The average molecular weight is 250 g/mol. The number of piperidine rings is 2. The van der Waals surface area contributed by atoms with Gasteiger partial charge < -0.3 is 9.84 Å². The highest BCUT2D eigenvalue weighted by Crippen LogP contribution is 2.29. The summed E-state index contributed by atoms with van der Waals surface area (Å²) >= 11 is 0. The van der Waals surface area contributed by atoms with Gasteiger partial charge in [0.25, 0.3) is 0 Å². The van der Waals surface area contributed by atoms with Gasteiger partial charge in [-0.25, -0.2) is 0 Å². The van der Waals surface area contributed by atoms with E-state index in [0.29, 0.717) is 6.04 Å². The van der Waals surface area contributed by atoms with Crippen LogP contribution in [-0.2, 0) is 0 Å². The zero-order valence-corrected chi connectivity index (χ0v) is 11.1. The van der Waals surface area contributed by atoms with Crippen LogP contribution in [0.2, 0.25) is 0 Å². The van der Waals surface area contributed by atoms with Crippen molar-refractivity contribution < 1.29 is 4.52 Å². The van der Waals surface area contributed by atoms with Crippen molar-refractivity contribution in [3.63, 3.8) is 0 Å². The SMILES string of the molecule is CN1CCCCC1c1noc(C2CCCCN2)n1. The van der Waals surface area contributed by atoms with E-state index in [2.05, 4.69) is 27.4 Å². The first-order chi connectivity index (χ1) is 8.84. The molecule has 0 aromatic carbocycles. The number of rotatable bonds is 2. The zero-order chi connectivity index (χ0) is 12.4. The maximum atomic E-state index is 5.46. The van der Waals surface area contributed by atoms with Crippen molar-refractivity contribution in [1.82, 2.24) is 20.4 Å². The third-order valence-corrected chi connectivity index (χ3v) is 4.13. The summed E-state index contributed by atoms with van der Waals surface area (Å²) in [5.74, 6) is 1.66. The molecule has 18 heavy (non-hydrogen) atoms. The Kier molecular flexibility index (Phi) is 3.61. The van der Waals surface area contributed by atoms with Crippen LogP contribution in [0.5, 0.6) is 0 Å². The second kappa shape index (κ2) is 5.36.